The molecular formula is C22H27N3O2. The summed E-state index contributed by atoms with van der Waals surface area (Å²) in [4.78, 5) is 17.5. The first-order valence-electron chi connectivity index (χ1n) is 9.74. The van der Waals surface area contributed by atoms with E-state index in [1.165, 1.54) is 6.42 Å². The van der Waals surface area contributed by atoms with Crippen molar-refractivity contribution < 1.29 is 9.53 Å². The van der Waals surface area contributed by atoms with E-state index >= 15 is 0 Å². The number of hydrogen-bond acceptors (Lipinski definition) is 4. The fourth-order valence-electron chi connectivity index (χ4n) is 4.13. The molecule has 1 amide bonds. The van der Waals surface area contributed by atoms with Gasteiger partial charge in [0.25, 0.3) is 5.91 Å². The van der Waals surface area contributed by atoms with E-state index in [0.717, 1.165) is 61.7 Å². The lowest BCUT2D eigenvalue weighted by atomic mass is 10.0. The summed E-state index contributed by atoms with van der Waals surface area (Å²) < 4.78 is 5.47. The number of amides is 1. The van der Waals surface area contributed by atoms with Crippen LogP contribution >= 0.6 is 0 Å². The van der Waals surface area contributed by atoms with Crippen LogP contribution in [-0.4, -0.2) is 68.1 Å². The second-order valence-corrected chi connectivity index (χ2v) is 7.26. The number of benzene rings is 2. The lowest BCUT2D eigenvalue weighted by Crippen LogP contribution is -2.52. The van der Waals surface area contributed by atoms with Gasteiger partial charge in [-0.1, -0.05) is 30.3 Å². The minimum Gasteiger partial charge on any atom is -0.496 e. The normalized spacial score (nSPS) is 20.6. The highest BCUT2D eigenvalue weighted by atomic mass is 16.5. The number of piperazine rings is 1. The second-order valence-electron chi connectivity index (χ2n) is 7.26. The number of carbonyl (C=O) groups excluding carboxylic acids is 1. The number of nitrogens with one attached hydrogen (secondary N) is 1. The third kappa shape index (κ3) is 3.84. The summed E-state index contributed by atoms with van der Waals surface area (Å²) in [5.41, 5.74) is 2.76. The van der Waals surface area contributed by atoms with E-state index in [1.54, 1.807) is 7.11 Å². The van der Waals surface area contributed by atoms with Gasteiger partial charge < -0.3 is 15.0 Å². The number of para-hydroxylation sites is 1. The van der Waals surface area contributed by atoms with E-state index in [0.29, 0.717) is 6.04 Å². The number of nitrogens with zero attached hydrogens (tertiary/aromatic N) is 2. The van der Waals surface area contributed by atoms with Gasteiger partial charge in [-0.05, 0) is 36.7 Å². The van der Waals surface area contributed by atoms with Crippen LogP contribution in [0.25, 0.3) is 11.1 Å². The van der Waals surface area contributed by atoms with Crippen LogP contribution in [0.15, 0.2) is 48.5 Å². The topological polar surface area (TPSA) is 44.8 Å². The molecule has 2 heterocycles. The molecule has 0 radical (unpaired) electrons. The largest absolute Gasteiger partial charge is 0.496 e. The standard InChI is InChI=1S/C22H27N3O2/c1-27-21-8-3-2-7-20(21)17-5-4-6-18(15-17)22(26)25-13-11-24(12-14-25)19-9-10-23-16-19/h2-8,15,19,23H,9-14,16H2,1H3. The summed E-state index contributed by atoms with van der Waals surface area (Å²) in [5, 5.41) is 3.43. The van der Waals surface area contributed by atoms with E-state index < -0.39 is 0 Å². The Morgan fingerprint density at radius 2 is 1.89 bits per heavy atom. The van der Waals surface area contributed by atoms with Gasteiger partial charge in [0.05, 0.1) is 7.11 Å². The Balaban J connectivity index is 1.47. The lowest BCUT2D eigenvalue weighted by Gasteiger charge is -2.37. The van der Waals surface area contributed by atoms with Crippen molar-refractivity contribution in [1.29, 1.82) is 0 Å². The first-order chi connectivity index (χ1) is 13.3. The Bertz CT molecular complexity index is 794. The summed E-state index contributed by atoms with van der Waals surface area (Å²) >= 11 is 0. The van der Waals surface area contributed by atoms with Crippen molar-refractivity contribution in [3.8, 4) is 16.9 Å². The fraction of sp³-hybridized carbons (Fsp3) is 0.409. The lowest BCUT2D eigenvalue weighted by molar-refractivity contribution is 0.0584. The third-order valence-electron chi connectivity index (χ3n) is 5.68. The third-order valence-corrected chi connectivity index (χ3v) is 5.68. The van der Waals surface area contributed by atoms with Crippen LogP contribution in [-0.2, 0) is 0 Å². The smallest absolute Gasteiger partial charge is 0.253 e. The maximum absolute atomic E-state index is 13.0. The molecule has 2 aromatic carbocycles. The summed E-state index contributed by atoms with van der Waals surface area (Å²) in [5.74, 6) is 0.942. The van der Waals surface area contributed by atoms with Gasteiger partial charge in [0.15, 0.2) is 0 Å². The van der Waals surface area contributed by atoms with Crippen LogP contribution in [0.4, 0.5) is 0 Å². The van der Waals surface area contributed by atoms with Crippen molar-refractivity contribution in [2.75, 3.05) is 46.4 Å². The number of carbonyl (C=O) groups is 1. The van der Waals surface area contributed by atoms with Crippen molar-refractivity contribution in [2.24, 2.45) is 0 Å². The van der Waals surface area contributed by atoms with Gasteiger partial charge in [-0.2, -0.15) is 0 Å². The highest BCUT2D eigenvalue weighted by molar-refractivity contribution is 5.95. The predicted molar refractivity (Wildman–Crippen MR) is 107 cm³/mol. The Morgan fingerprint density at radius 3 is 2.63 bits per heavy atom. The van der Waals surface area contributed by atoms with Crippen LogP contribution in [0.3, 0.4) is 0 Å². The van der Waals surface area contributed by atoms with E-state index in [2.05, 4.69) is 10.2 Å². The average Bonchev–Trinajstić information content (AvgIpc) is 3.28. The zero-order valence-corrected chi connectivity index (χ0v) is 15.9. The van der Waals surface area contributed by atoms with Gasteiger partial charge >= 0.3 is 0 Å². The summed E-state index contributed by atoms with van der Waals surface area (Å²) in [7, 11) is 1.67. The first kappa shape index (κ1) is 18.0. The van der Waals surface area contributed by atoms with Crippen molar-refractivity contribution in [2.45, 2.75) is 12.5 Å². The van der Waals surface area contributed by atoms with Gasteiger partial charge in [0, 0.05) is 49.9 Å². The maximum atomic E-state index is 13.0. The van der Waals surface area contributed by atoms with Gasteiger partial charge in [-0.15, -0.1) is 0 Å². The molecule has 1 unspecified atom stereocenters. The number of methoxy groups -OCH3 is 1. The molecule has 2 aliphatic heterocycles. The molecule has 0 aliphatic carbocycles. The van der Waals surface area contributed by atoms with Crippen LogP contribution in [0.1, 0.15) is 16.8 Å². The fourth-order valence-corrected chi connectivity index (χ4v) is 4.13. The Kier molecular flexibility index (Phi) is 5.41. The molecule has 0 spiro atoms. The molecule has 5 nitrogen and oxygen atoms in total. The molecule has 2 saturated heterocycles. The SMILES string of the molecule is COc1ccccc1-c1cccc(C(=O)N2CCN(C3CCNC3)CC2)c1. The van der Waals surface area contributed by atoms with Crippen molar-refractivity contribution in [3.05, 3.63) is 54.1 Å². The monoisotopic (exact) mass is 365 g/mol. The van der Waals surface area contributed by atoms with Gasteiger partial charge in [0.2, 0.25) is 0 Å². The molecule has 142 valence electrons. The molecule has 1 atom stereocenters. The highest BCUT2D eigenvalue weighted by Gasteiger charge is 2.28. The quantitative estimate of drug-likeness (QED) is 0.904. The van der Waals surface area contributed by atoms with Crippen LogP contribution in [0, 0.1) is 0 Å². The average molecular weight is 365 g/mol. The predicted octanol–water partition coefficient (Wildman–Crippen LogP) is 2.48. The van der Waals surface area contributed by atoms with Crippen LogP contribution in [0.2, 0.25) is 0 Å². The van der Waals surface area contributed by atoms with Crippen molar-refractivity contribution in [1.82, 2.24) is 15.1 Å². The minimum atomic E-state index is 0.121. The summed E-state index contributed by atoms with van der Waals surface area (Å²) in [6, 6.07) is 16.4. The zero-order chi connectivity index (χ0) is 18.6. The number of ether oxygens (including phenoxy) is 1. The van der Waals surface area contributed by atoms with E-state index in [-0.39, 0.29) is 5.91 Å². The molecule has 1 N–H and O–H groups in total. The highest BCUT2D eigenvalue weighted by Crippen LogP contribution is 2.30. The molecular weight excluding hydrogens is 338 g/mol. The van der Waals surface area contributed by atoms with Gasteiger partial charge in [-0.25, -0.2) is 0 Å². The molecule has 2 aromatic rings. The molecule has 2 fully saturated rings. The Morgan fingerprint density at radius 1 is 1.07 bits per heavy atom. The molecule has 2 aliphatic rings. The van der Waals surface area contributed by atoms with E-state index in [9.17, 15) is 4.79 Å². The Hall–Kier alpha value is -2.37. The van der Waals surface area contributed by atoms with Crippen LogP contribution in [0.5, 0.6) is 5.75 Å². The van der Waals surface area contributed by atoms with Crippen LogP contribution < -0.4 is 10.1 Å². The number of hydrogen-bond donors (Lipinski definition) is 1. The van der Waals surface area contributed by atoms with Gasteiger partial charge in [-0.3, -0.25) is 9.69 Å². The Labute approximate surface area is 160 Å². The minimum absolute atomic E-state index is 0.121. The summed E-state index contributed by atoms with van der Waals surface area (Å²) in [6.45, 7) is 5.71. The number of rotatable bonds is 4. The first-order valence-corrected chi connectivity index (χ1v) is 9.74. The van der Waals surface area contributed by atoms with E-state index in [1.807, 2.05) is 53.4 Å². The maximum Gasteiger partial charge on any atom is 0.253 e. The molecule has 0 aromatic heterocycles. The van der Waals surface area contributed by atoms with Crippen molar-refractivity contribution >= 4 is 5.91 Å². The molecule has 0 saturated carbocycles. The zero-order valence-electron chi connectivity index (χ0n) is 15.9. The molecule has 27 heavy (non-hydrogen) atoms. The second kappa shape index (κ2) is 8.11. The van der Waals surface area contributed by atoms with Gasteiger partial charge in [0.1, 0.15) is 5.75 Å². The van der Waals surface area contributed by atoms with Crippen molar-refractivity contribution in [3.63, 3.8) is 0 Å². The van der Waals surface area contributed by atoms with E-state index in [4.69, 9.17) is 4.74 Å². The molecule has 4 rings (SSSR count). The molecule has 5 heteroatoms. The molecule has 0 bridgehead atoms. The summed E-state index contributed by atoms with van der Waals surface area (Å²) in [6.07, 6.45) is 1.22.